The van der Waals surface area contributed by atoms with E-state index in [0.717, 1.165) is 39.9 Å². The minimum absolute atomic E-state index is 0. The lowest BCUT2D eigenvalue weighted by molar-refractivity contribution is 0.0470. The van der Waals surface area contributed by atoms with Crippen LogP contribution in [0.15, 0.2) is 48.5 Å². The summed E-state index contributed by atoms with van der Waals surface area (Å²) in [5.41, 5.74) is 13.1. The minimum atomic E-state index is -0.459. The van der Waals surface area contributed by atoms with E-state index < -0.39 is 11.9 Å². The lowest BCUT2D eigenvalue weighted by Crippen LogP contribution is -2.19. The average Bonchev–Trinajstić information content (AvgIpc) is 2.81. The number of esters is 2. The summed E-state index contributed by atoms with van der Waals surface area (Å²) in [7, 11) is 1.34. The lowest BCUT2D eigenvalue weighted by Gasteiger charge is -2.24. The van der Waals surface area contributed by atoms with Crippen molar-refractivity contribution in [3.63, 3.8) is 0 Å². The van der Waals surface area contributed by atoms with Gasteiger partial charge in [-0.15, -0.1) is 24.8 Å². The Balaban J connectivity index is 0.00000342. The maximum atomic E-state index is 13.4. The van der Waals surface area contributed by atoms with Gasteiger partial charge in [0.05, 0.1) is 23.9 Å². The van der Waals surface area contributed by atoms with Crippen LogP contribution in [-0.4, -0.2) is 24.0 Å². The van der Waals surface area contributed by atoms with Crippen LogP contribution in [0.2, 0.25) is 0 Å². The van der Waals surface area contributed by atoms with Crippen molar-refractivity contribution in [2.75, 3.05) is 7.11 Å². The summed E-state index contributed by atoms with van der Waals surface area (Å²) in [5, 5.41) is 0. The van der Waals surface area contributed by atoms with Gasteiger partial charge in [0.15, 0.2) is 0 Å². The van der Waals surface area contributed by atoms with E-state index in [1.54, 1.807) is 24.3 Å². The normalized spacial score (nSPS) is 10.7. The molecule has 0 aliphatic rings. The summed E-state index contributed by atoms with van der Waals surface area (Å²) in [6, 6.07) is 14.8. The number of carbonyl (C=O) groups excluding carboxylic acids is 2. The summed E-state index contributed by atoms with van der Waals surface area (Å²) in [5.74, 6) is -0.873. The monoisotopic (exact) mass is 546 g/mol. The van der Waals surface area contributed by atoms with E-state index in [2.05, 4.69) is 20.8 Å². The van der Waals surface area contributed by atoms with E-state index in [-0.39, 0.29) is 43.4 Å². The van der Waals surface area contributed by atoms with E-state index in [9.17, 15) is 9.59 Å². The molecule has 0 aliphatic carbocycles. The quantitative estimate of drug-likeness (QED) is 0.344. The Labute approximate surface area is 231 Å². The zero-order chi connectivity index (χ0) is 25.8. The van der Waals surface area contributed by atoms with Crippen LogP contribution in [0, 0.1) is 19.3 Å². The molecule has 0 saturated carbocycles. The summed E-state index contributed by atoms with van der Waals surface area (Å²) in [6.07, 6.45) is 0.737. The number of aryl methyl sites for hydroxylation is 2. The number of carbonyl (C=O) groups is 2. The van der Waals surface area contributed by atoms with Crippen molar-refractivity contribution in [3.05, 3.63) is 87.7 Å². The van der Waals surface area contributed by atoms with Crippen LogP contribution < -0.4 is 5.73 Å². The topological polar surface area (TPSA) is 91.5 Å². The highest BCUT2D eigenvalue weighted by Gasteiger charge is 2.26. The third-order valence-electron chi connectivity index (χ3n) is 5.76. The molecule has 0 spiro atoms. The predicted molar refractivity (Wildman–Crippen MR) is 152 cm³/mol. The average molecular weight is 548 g/mol. The number of rotatable bonds is 7. The van der Waals surface area contributed by atoms with Crippen molar-refractivity contribution in [2.24, 2.45) is 11.1 Å². The van der Waals surface area contributed by atoms with Crippen molar-refractivity contribution < 1.29 is 19.1 Å². The van der Waals surface area contributed by atoms with E-state index in [4.69, 9.17) is 20.2 Å². The summed E-state index contributed by atoms with van der Waals surface area (Å²) in [6.45, 7) is 10.7. The van der Waals surface area contributed by atoms with Gasteiger partial charge in [0.1, 0.15) is 6.61 Å². The summed E-state index contributed by atoms with van der Waals surface area (Å²) >= 11 is 0. The first kappa shape index (κ1) is 32.1. The molecule has 0 unspecified atom stereocenters. The lowest BCUT2D eigenvalue weighted by atomic mass is 9.85. The zero-order valence-corrected chi connectivity index (χ0v) is 23.8. The van der Waals surface area contributed by atoms with Gasteiger partial charge in [-0.2, -0.15) is 0 Å². The molecule has 0 saturated heterocycles. The fraction of sp³-hybridized carbons (Fsp3) is 0.345. The van der Waals surface area contributed by atoms with E-state index in [0.29, 0.717) is 16.8 Å². The minimum Gasteiger partial charge on any atom is -0.465 e. The second-order valence-corrected chi connectivity index (χ2v) is 9.94. The summed E-state index contributed by atoms with van der Waals surface area (Å²) in [4.78, 5) is 29.9. The van der Waals surface area contributed by atoms with Gasteiger partial charge in [0.25, 0.3) is 0 Å². The Kier molecular flexibility index (Phi) is 11.8. The maximum Gasteiger partial charge on any atom is 0.340 e. The summed E-state index contributed by atoms with van der Waals surface area (Å²) < 4.78 is 10.4. The molecule has 1 heterocycles. The Morgan fingerprint density at radius 3 is 2.03 bits per heavy atom. The van der Waals surface area contributed by atoms with Crippen LogP contribution in [0.4, 0.5) is 0 Å². The van der Waals surface area contributed by atoms with Gasteiger partial charge in [-0.05, 0) is 54.5 Å². The second-order valence-electron chi connectivity index (χ2n) is 9.94. The number of benzene rings is 2. The number of ether oxygens (including phenoxy) is 2. The molecule has 0 amide bonds. The van der Waals surface area contributed by atoms with Crippen LogP contribution in [0.3, 0.4) is 0 Å². The van der Waals surface area contributed by atoms with Crippen LogP contribution in [0.5, 0.6) is 0 Å². The first-order chi connectivity index (χ1) is 16.5. The van der Waals surface area contributed by atoms with Gasteiger partial charge in [0.2, 0.25) is 0 Å². The third-order valence-corrected chi connectivity index (χ3v) is 5.76. The van der Waals surface area contributed by atoms with Crippen LogP contribution >= 0.6 is 24.8 Å². The SMILES string of the molecule is COC(=O)c1ccc(COC(=O)c2c(C)nc(CC(C)(C)C)c(CN)c2-c2ccc(C)cc2)cc1.Cl.Cl. The van der Waals surface area contributed by atoms with Crippen molar-refractivity contribution in [1.82, 2.24) is 4.98 Å². The van der Waals surface area contributed by atoms with Gasteiger partial charge in [0, 0.05) is 17.8 Å². The van der Waals surface area contributed by atoms with Gasteiger partial charge in [-0.3, -0.25) is 4.98 Å². The Bertz CT molecular complexity index is 1220. The first-order valence-electron chi connectivity index (χ1n) is 11.7. The molecule has 0 aliphatic heterocycles. The highest BCUT2D eigenvalue weighted by atomic mass is 35.5. The number of aromatic nitrogens is 1. The standard InChI is InChI=1S/C29H34N2O4.2ClH/c1-18-7-11-21(12-8-18)26-23(16-30)24(15-29(3,4)5)31-19(2)25(26)28(33)35-17-20-9-13-22(14-10-20)27(32)34-6;;/h7-14H,15-17,30H2,1-6H3;2*1H. The molecular weight excluding hydrogens is 511 g/mol. The zero-order valence-electron chi connectivity index (χ0n) is 22.2. The predicted octanol–water partition coefficient (Wildman–Crippen LogP) is 6.40. The van der Waals surface area contributed by atoms with E-state index in [1.807, 2.05) is 38.1 Å². The Hall–Kier alpha value is -2.93. The molecule has 8 heteroatoms. The molecule has 200 valence electrons. The fourth-order valence-electron chi connectivity index (χ4n) is 4.03. The van der Waals surface area contributed by atoms with Crippen LogP contribution in [-0.2, 0) is 29.0 Å². The first-order valence-corrected chi connectivity index (χ1v) is 11.7. The molecule has 2 aromatic carbocycles. The van der Waals surface area contributed by atoms with Crippen LogP contribution in [0.25, 0.3) is 11.1 Å². The molecule has 1 aromatic heterocycles. The van der Waals surface area contributed by atoms with Gasteiger partial charge < -0.3 is 15.2 Å². The van der Waals surface area contributed by atoms with Gasteiger partial charge in [-0.25, -0.2) is 9.59 Å². The molecule has 0 fully saturated rings. The number of halogens is 2. The van der Waals surface area contributed by atoms with Crippen molar-refractivity contribution in [2.45, 2.75) is 54.2 Å². The number of nitrogens with two attached hydrogens (primary N) is 1. The van der Waals surface area contributed by atoms with E-state index >= 15 is 0 Å². The molecule has 3 rings (SSSR count). The van der Waals surface area contributed by atoms with Crippen molar-refractivity contribution >= 4 is 36.8 Å². The number of pyridine rings is 1. The smallest absolute Gasteiger partial charge is 0.340 e. The number of hydrogen-bond donors (Lipinski definition) is 1. The van der Waals surface area contributed by atoms with Crippen LogP contribution in [0.1, 0.15) is 69.6 Å². The highest BCUT2D eigenvalue weighted by molar-refractivity contribution is 5.99. The Morgan fingerprint density at radius 2 is 1.51 bits per heavy atom. The molecule has 2 N–H and O–H groups in total. The Morgan fingerprint density at radius 1 is 0.919 bits per heavy atom. The molecule has 0 radical (unpaired) electrons. The molecule has 0 bridgehead atoms. The van der Waals surface area contributed by atoms with Crippen molar-refractivity contribution in [3.8, 4) is 11.1 Å². The number of nitrogens with zero attached hydrogens (tertiary/aromatic N) is 1. The number of hydrogen-bond acceptors (Lipinski definition) is 6. The number of methoxy groups -OCH3 is 1. The molecule has 6 nitrogen and oxygen atoms in total. The molecule has 3 aromatic rings. The van der Waals surface area contributed by atoms with Gasteiger partial charge in [-0.1, -0.05) is 62.7 Å². The largest absolute Gasteiger partial charge is 0.465 e. The molecule has 37 heavy (non-hydrogen) atoms. The second kappa shape index (κ2) is 13.6. The fourth-order valence-corrected chi connectivity index (χ4v) is 4.03. The van der Waals surface area contributed by atoms with E-state index in [1.165, 1.54) is 7.11 Å². The molecule has 0 atom stereocenters. The maximum absolute atomic E-state index is 13.4. The molecular formula is C29H36Cl2N2O4. The third kappa shape index (κ3) is 8.03. The van der Waals surface area contributed by atoms with Crippen molar-refractivity contribution in [1.29, 1.82) is 0 Å². The highest BCUT2D eigenvalue weighted by Crippen LogP contribution is 2.34. The van der Waals surface area contributed by atoms with Gasteiger partial charge >= 0.3 is 11.9 Å².